The van der Waals surface area contributed by atoms with Crippen molar-refractivity contribution in [3.8, 4) is 0 Å². The van der Waals surface area contributed by atoms with Gasteiger partial charge in [-0.2, -0.15) is 0 Å². The first-order valence-electron chi connectivity index (χ1n) is 8.24. The number of ether oxygens (including phenoxy) is 2. The van der Waals surface area contributed by atoms with Crippen LogP contribution in [0.15, 0.2) is 4.79 Å². The summed E-state index contributed by atoms with van der Waals surface area (Å²) >= 11 is 1.11. The first-order chi connectivity index (χ1) is 11.8. The van der Waals surface area contributed by atoms with E-state index in [2.05, 4.69) is 9.97 Å². The van der Waals surface area contributed by atoms with E-state index in [0.717, 1.165) is 17.8 Å². The first-order valence-corrected chi connectivity index (χ1v) is 9.06. The molecule has 2 heterocycles. The van der Waals surface area contributed by atoms with Crippen LogP contribution in [-0.4, -0.2) is 28.5 Å². The van der Waals surface area contributed by atoms with E-state index in [1.807, 2.05) is 6.92 Å². The summed E-state index contributed by atoms with van der Waals surface area (Å²) in [6.45, 7) is 7.34. The minimum Gasteiger partial charge on any atom is -0.462 e. The molecule has 0 aromatic carbocycles. The summed E-state index contributed by atoms with van der Waals surface area (Å²) in [5, 5.41) is 0.367. The lowest BCUT2D eigenvalue weighted by Crippen LogP contribution is -2.18. The molecular formula is C17H20N2O5S. The van der Waals surface area contributed by atoms with E-state index in [9.17, 15) is 14.4 Å². The fourth-order valence-corrected chi connectivity index (χ4v) is 3.79. The third kappa shape index (κ3) is 3.30. The Labute approximate surface area is 148 Å². The molecule has 1 saturated carbocycles. The number of nitrogens with one attached hydrogen (secondary N) is 1. The Morgan fingerprint density at radius 1 is 1.44 bits per heavy atom. The molecule has 2 aromatic rings. The number of rotatable bonds is 5. The minimum atomic E-state index is -0.661. The largest absolute Gasteiger partial charge is 0.462 e. The van der Waals surface area contributed by atoms with Crippen LogP contribution in [0.25, 0.3) is 10.2 Å². The lowest BCUT2D eigenvalue weighted by molar-refractivity contribution is -0.150. The average molecular weight is 364 g/mol. The van der Waals surface area contributed by atoms with Crippen LogP contribution in [0.1, 0.15) is 54.4 Å². The van der Waals surface area contributed by atoms with Crippen molar-refractivity contribution in [2.75, 3.05) is 6.61 Å². The Bertz CT molecular complexity index is 900. The molecule has 3 atom stereocenters. The molecule has 0 saturated heterocycles. The van der Waals surface area contributed by atoms with Gasteiger partial charge in [-0.3, -0.25) is 9.59 Å². The molecule has 0 aliphatic heterocycles. The number of nitrogens with zero attached hydrogens (tertiary/aromatic N) is 1. The monoisotopic (exact) mass is 364 g/mol. The number of hydrogen-bond donors (Lipinski definition) is 1. The van der Waals surface area contributed by atoms with Crippen molar-refractivity contribution >= 4 is 33.5 Å². The highest BCUT2D eigenvalue weighted by atomic mass is 32.1. The van der Waals surface area contributed by atoms with Crippen molar-refractivity contribution < 1.29 is 19.1 Å². The van der Waals surface area contributed by atoms with E-state index in [-0.39, 0.29) is 29.9 Å². The van der Waals surface area contributed by atoms with Crippen LogP contribution in [0.4, 0.5) is 0 Å². The predicted octanol–water partition coefficient (Wildman–Crippen LogP) is 2.73. The van der Waals surface area contributed by atoms with Gasteiger partial charge in [0.15, 0.2) is 11.9 Å². The molecule has 8 heteroatoms. The Morgan fingerprint density at radius 2 is 2.12 bits per heavy atom. The number of aromatic amines is 1. The smallest absolute Gasteiger partial charge is 0.348 e. The molecular weight excluding hydrogens is 344 g/mol. The molecule has 0 amide bonds. The van der Waals surface area contributed by atoms with E-state index in [4.69, 9.17) is 9.47 Å². The third-order valence-electron chi connectivity index (χ3n) is 4.37. The normalized spacial score (nSPS) is 20.3. The highest BCUT2D eigenvalue weighted by molar-refractivity contribution is 7.20. The molecule has 0 radical (unpaired) electrons. The van der Waals surface area contributed by atoms with Gasteiger partial charge >= 0.3 is 11.9 Å². The van der Waals surface area contributed by atoms with Gasteiger partial charge in [-0.15, -0.1) is 11.3 Å². The van der Waals surface area contributed by atoms with Crippen molar-refractivity contribution in [1.29, 1.82) is 0 Å². The number of hydrogen-bond acceptors (Lipinski definition) is 7. The Kier molecular flexibility index (Phi) is 4.64. The Balaban J connectivity index is 1.91. The number of fused-ring (bicyclic) bond motifs is 1. The molecule has 1 aliphatic carbocycles. The van der Waals surface area contributed by atoms with E-state index in [1.54, 1.807) is 20.8 Å². The molecule has 7 nitrogen and oxygen atoms in total. The van der Waals surface area contributed by atoms with Crippen LogP contribution >= 0.6 is 11.3 Å². The van der Waals surface area contributed by atoms with Crippen LogP contribution in [0.2, 0.25) is 0 Å². The summed E-state index contributed by atoms with van der Waals surface area (Å²) in [4.78, 5) is 44.2. The number of H-pyrrole nitrogens is 1. The van der Waals surface area contributed by atoms with Gasteiger partial charge in [0.2, 0.25) is 0 Å². The molecule has 0 bridgehead atoms. The van der Waals surface area contributed by atoms with Crippen LogP contribution in [0, 0.1) is 18.8 Å². The van der Waals surface area contributed by atoms with Gasteiger partial charge in [0, 0.05) is 0 Å². The molecule has 134 valence electrons. The summed E-state index contributed by atoms with van der Waals surface area (Å²) in [6.07, 6.45) is 0.174. The second-order valence-corrected chi connectivity index (χ2v) is 7.31. The Morgan fingerprint density at radius 3 is 2.72 bits per heavy atom. The van der Waals surface area contributed by atoms with Crippen molar-refractivity contribution in [1.82, 2.24) is 9.97 Å². The fraction of sp³-hybridized carbons (Fsp3) is 0.529. The molecule has 1 aliphatic rings. The van der Waals surface area contributed by atoms with Gasteiger partial charge < -0.3 is 14.5 Å². The van der Waals surface area contributed by atoms with Gasteiger partial charge in [0.05, 0.1) is 17.9 Å². The molecule has 1 N–H and O–H groups in total. The average Bonchev–Trinajstić information content (AvgIpc) is 3.18. The SMILES string of the molecule is CCOC(=O)c1sc2nc([C@H](C)OC(=O)[C@H]3C[C@@H]3C)[nH]c(=O)c2c1C. The number of aryl methyl sites for hydroxylation is 1. The molecule has 2 aromatic heterocycles. The van der Waals surface area contributed by atoms with Crippen LogP contribution in [-0.2, 0) is 14.3 Å². The quantitative estimate of drug-likeness (QED) is 0.819. The number of carbonyl (C=O) groups is 2. The number of thiophene rings is 1. The second-order valence-electron chi connectivity index (χ2n) is 6.31. The predicted molar refractivity (Wildman–Crippen MR) is 92.7 cm³/mol. The molecule has 25 heavy (non-hydrogen) atoms. The maximum absolute atomic E-state index is 12.4. The third-order valence-corrected chi connectivity index (χ3v) is 5.54. The second kappa shape index (κ2) is 6.59. The molecule has 0 spiro atoms. The highest BCUT2D eigenvalue weighted by Crippen LogP contribution is 2.39. The van der Waals surface area contributed by atoms with Crippen LogP contribution in [0.5, 0.6) is 0 Å². The van der Waals surface area contributed by atoms with Gasteiger partial charge in [-0.05, 0) is 38.7 Å². The summed E-state index contributed by atoms with van der Waals surface area (Å²) in [5.74, 6) is -0.169. The standard InChI is InChI=1S/C17H20N2O5S/c1-5-23-17(22)12-8(3)11-14(20)18-13(19-15(11)25-12)9(4)24-16(21)10-6-7(10)2/h7,9-10H,5-6H2,1-4H3,(H,18,19,20)/t7-,9-,10-/m0/s1. The van der Waals surface area contributed by atoms with E-state index in [1.165, 1.54) is 0 Å². The van der Waals surface area contributed by atoms with Crippen molar-refractivity contribution in [2.45, 2.75) is 40.2 Å². The van der Waals surface area contributed by atoms with Gasteiger partial charge in [-0.25, -0.2) is 9.78 Å². The lowest BCUT2D eigenvalue weighted by Gasteiger charge is -2.12. The Hall–Kier alpha value is -2.22. The first kappa shape index (κ1) is 17.6. The zero-order chi connectivity index (χ0) is 18.3. The lowest BCUT2D eigenvalue weighted by atomic mass is 10.2. The highest BCUT2D eigenvalue weighted by Gasteiger charge is 2.41. The molecule has 1 fully saturated rings. The van der Waals surface area contributed by atoms with Crippen molar-refractivity contribution in [2.24, 2.45) is 11.8 Å². The summed E-state index contributed by atoms with van der Waals surface area (Å²) in [6, 6.07) is 0. The van der Waals surface area contributed by atoms with E-state index >= 15 is 0 Å². The minimum absolute atomic E-state index is 0.0581. The zero-order valence-corrected chi connectivity index (χ0v) is 15.4. The fourth-order valence-electron chi connectivity index (χ4n) is 2.71. The van der Waals surface area contributed by atoms with Crippen LogP contribution < -0.4 is 5.56 Å². The van der Waals surface area contributed by atoms with Crippen LogP contribution in [0.3, 0.4) is 0 Å². The van der Waals surface area contributed by atoms with Gasteiger partial charge in [0.25, 0.3) is 5.56 Å². The topological polar surface area (TPSA) is 98.3 Å². The van der Waals surface area contributed by atoms with Gasteiger partial charge in [0.1, 0.15) is 9.71 Å². The summed E-state index contributed by atoms with van der Waals surface area (Å²) in [7, 11) is 0. The number of esters is 2. The summed E-state index contributed by atoms with van der Waals surface area (Å²) in [5.41, 5.74) is 0.196. The number of carbonyl (C=O) groups excluding carboxylic acids is 2. The zero-order valence-electron chi connectivity index (χ0n) is 14.5. The maximum Gasteiger partial charge on any atom is 0.348 e. The summed E-state index contributed by atoms with van der Waals surface area (Å²) < 4.78 is 10.4. The molecule has 0 unspecified atom stereocenters. The van der Waals surface area contributed by atoms with Crippen molar-refractivity contribution in [3.63, 3.8) is 0 Å². The van der Waals surface area contributed by atoms with Gasteiger partial charge in [-0.1, -0.05) is 6.92 Å². The maximum atomic E-state index is 12.4. The van der Waals surface area contributed by atoms with Crippen molar-refractivity contribution in [3.05, 3.63) is 26.6 Å². The number of aromatic nitrogens is 2. The van der Waals surface area contributed by atoms with E-state index in [0.29, 0.717) is 26.6 Å². The molecule has 3 rings (SSSR count). The van der Waals surface area contributed by atoms with E-state index < -0.39 is 12.1 Å².